The number of nitrogens with zero attached hydrogens (tertiary/aromatic N) is 3. The predicted octanol–water partition coefficient (Wildman–Crippen LogP) is 2.34. The highest BCUT2D eigenvalue weighted by molar-refractivity contribution is 6.04. The summed E-state index contributed by atoms with van der Waals surface area (Å²) < 4.78 is 7.86. The first kappa shape index (κ1) is 16.5. The summed E-state index contributed by atoms with van der Waals surface area (Å²) in [5.74, 6) is -0.467. The number of carbonyl (C=O) groups is 1. The molecular weight excluding hydrogens is 316 g/mol. The van der Waals surface area contributed by atoms with Gasteiger partial charge >= 0.3 is 0 Å². The van der Waals surface area contributed by atoms with E-state index < -0.39 is 5.91 Å². The summed E-state index contributed by atoms with van der Waals surface area (Å²) in [4.78, 5) is 14.4. The monoisotopic (exact) mass is 342 g/mol. The molecule has 0 radical (unpaired) electrons. The van der Waals surface area contributed by atoms with Crippen molar-refractivity contribution in [2.45, 2.75) is 57.3 Å². The van der Waals surface area contributed by atoms with Crippen molar-refractivity contribution in [3.63, 3.8) is 0 Å². The molecule has 2 N–H and O–H groups in total. The summed E-state index contributed by atoms with van der Waals surface area (Å²) in [6.45, 7) is 8.33. The zero-order valence-corrected chi connectivity index (χ0v) is 15.1. The average molecular weight is 342 g/mol. The Hall–Kier alpha value is -1.92. The summed E-state index contributed by atoms with van der Waals surface area (Å²) in [6.07, 6.45) is 1.94. The minimum Gasteiger partial charge on any atom is -0.378 e. The third-order valence-corrected chi connectivity index (χ3v) is 5.46. The van der Waals surface area contributed by atoms with E-state index in [4.69, 9.17) is 10.5 Å². The lowest BCUT2D eigenvalue weighted by atomic mass is 9.85. The van der Waals surface area contributed by atoms with Crippen LogP contribution in [0.1, 0.15) is 50.1 Å². The van der Waals surface area contributed by atoms with Crippen LogP contribution in [-0.4, -0.2) is 51.4 Å². The number of fused-ring (bicyclic) bond motifs is 3. The molecule has 2 atom stereocenters. The number of rotatable bonds is 2. The van der Waals surface area contributed by atoms with Gasteiger partial charge in [-0.2, -0.15) is 5.10 Å². The molecule has 0 saturated carbocycles. The predicted molar refractivity (Wildman–Crippen MR) is 96.5 cm³/mol. The Kier molecular flexibility index (Phi) is 3.85. The van der Waals surface area contributed by atoms with Gasteiger partial charge in [-0.05, 0) is 39.7 Å². The van der Waals surface area contributed by atoms with Gasteiger partial charge in [-0.25, -0.2) is 0 Å². The molecule has 2 unspecified atom stereocenters. The smallest absolute Gasteiger partial charge is 0.269 e. The summed E-state index contributed by atoms with van der Waals surface area (Å²) in [7, 11) is 0. The zero-order chi connectivity index (χ0) is 17.8. The van der Waals surface area contributed by atoms with Gasteiger partial charge in [0.05, 0.1) is 24.8 Å². The van der Waals surface area contributed by atoms with E-state index in [9.17, 15) is 4.79 Å². The average Bonchev–Trinajstić information content (AvgIpc) is 2.92. The van der Waals surface area contributed by atoms with Gasteiger partial charge in [0.2, 0.25) is 0 Å². The van der Waals surface area contributed by atoms with Crippen LogP contribution in [0.25, 0.3) is 10.9 Å². The van der Waals surface area contributed by atoms with Gasteiger partial charge in [0.1, 0.15) is 0 Å². The van der Waals surface area contributed by atoms with Crippen LogP contribution in [0, 0.1) is 0 Å². The van der Waals surface area contributed by atoms with Crippen molar-refractivity contribution >= 4 is 16.8 Å². The highest BCUT2D eigenvalue weighted by atomic mass is 16.5. The Morgan fingerprint density at radius 2 is 1.80 bits per heavy atom. The lowest BCUT2D eigenvalue weighted by molar-refractivity contribution is -0.123. The van der Waals surface area contributed by atoms with Crippen molar-refractivity contribution in [2.75, 3.05) is 13.2 Å². The van der Waals surface area contributed by atoms with Gasteiger partial charge in [-0.3, -0.25) is 14.4 Å². The molecule has 1 aromatic heterocycles. The molecule has 0 aliphatic carbocycles. The van der Waals surface area contributed by atoms with E-state index in [1.165, 1.54) is 0 Å². The fourth-order valence-corrected chi connectivity index (χ4v) is 4.73. The number of piperidine rings is 1. The summed E-state index contributed by atoms with van der Waals surface area (Å²) in [5, 5.41) is 5.45. The van der Waals surface area contributed by atoms with Crippen LogP contribution in [0.4, 0.5) is 0 Å². The van der Waals surface area contributed by atoms with E-state index in [1.54, 1.807) is 0 Å². The van der Waals surface area contributed by atoms with Crippen LogP contribution in [0.3, 0.4) is 0 Å². The standard InChI is InChI=1S/C19H26N4O2/c1-19(2,3)22-13-8-12(9-14(22)11-25-10-13)23-16-7-5-4-6-15(16)17(21-23)18(20)24/h4-7,12-14H,8-11H2,1-3H3,(H2,20,24). The summed E-state index contributed by atoms with van der Waals surface area (Å²) in [6, 6.07) is 8.86. The molecule has 2 aliphatic heterocycles. The molecule has 3 heterocycles. The number of amides is 1. The van der Waals surface area contributed by atoms with Crippen molar-refractivity contribution in [1.29, 1.82) is 0 Å². The molecule has 2 aliphatic rings. The maximum absolute atomic E-state index is 11.8. The van der Waals surface area contributed by atoms with Gasteiger partial charge < -0.3 is 10.5 Å². The molecular formula is C19H26N4O2. The lowest BCUT2D eigenvalue weighted by Gasteiger charge is -2.54. The number of morpholine rings is 1. The number of para-hydroxylation sites is 1. The number of hydrogen-bond acceptors (Lipinski definition) is 4. The minimum atomic E-state index is -0.467. The van der Waals surface area contributed by atoms with Crippen LogP contribution in [0.5, 0.6) is 0 Å². The quantitative estimate of drug-likeness (QED) is 0.909. The van der Waals surface area contributed by atoms with E-state index in [0.29, 0.717) is 17.8 Å². The first-order valence-corrected chi connectivity index (χ1v) is 8.99. The largest absolute Gasteiger partial charge is 0.378 e. The number of hydrogen-bond donors (Lipinski definition) is 1. The molecule has 1 amide bonds. The third-order valence-electron chi connectivity index (χ3n) is 5.46. The van der Waals surface area contributed by atoms with E-state index in [1.807, 2.05) is 28.9 Å². The molecule has 134 valence electrons. The second-order valence-corrected chi connectivity index (χ2v) is 8.22. The second-order valence-electron chi connectivity index (χ2n) is 8.22. The Balaban J connectivity index is 1.73. The SMILES string of the molecule is CC(C)(C)N1C2COCC1CC(n1nc(C(N)=O)c3ccccc31)C2. The van der Waals surface area contributed by atoms with Gasteiger partial charge in [0.25, 0.3) is 5.91 Å². The summed E-state index contributed by atoms with van der Waals surface area (Å²) in [5.41, 5.74) is 7.03. The molecule has 2 bridgehead atoms. The molecule has 2 saturated heterocycles. The molecule has 6 heteroatoms. The summed E-state index contributed by atoms with van der Waals surface area (Å²) >= 11 is 0. The molecule has 2 fully saturated rings. The fourth-order valence-electron chi connectivity index (χ4n) is 4.73. The first-order valence-electron chi connectivity index (χ1n) is 8.99. The minimum absolute atomic E-state index is 0.120. The molecule has 4 rings (SSSR count). The number of ether oxygens (including phenoxy) is 1. The van der Waals surface area contributed by atoms with Crippen LogP contribution in [0.2, 0.25) is 0 Å². The Morgan fingerprint density at radius 3 is 2.40 bits per heavy atom. The Labute approximate surface area is 147 Å². The number of primary amides is 1. The van der Waals surface area contributed by atoms with Crippen molar-refractivity contribution in [1.82, 2.24) is 14.7 Å². The number of aromatic nitrogens is 2. The van der Waals surface area contributed by atoms with Gasteiger partial charge in [0, 0.05) is 23.0 Å². The number of benzene rings is 1. The lowest BCUT2D eigenvalue weighted by Crippen LogP contribution is -2.63. The maximum Gasteiger partial charge on any atom is 0.269 e. The van der Waals surface area contributed by atoms with Crippen molar-refractivity contribution < 1.29 is 9.53 Å². The first-order chi connectivity index (χ1) is 11.9. The van der Waals surface area contributed by atoms with E-state index in [-0.39, 0.29) is 11.6 Å². The highest BCUT2D eigenvalue weighted by Crippen LogP contribution is 2.39. The van der Waals surface area contributed by atoms with Gasteiger partial charge in [-0.1, -0.05) is 18.2 Å². The van der Waals surface area contributed by atoms with Crippen molar-refractivity contribution in [3.8, 4) is 0 Å². The molecule has 6 nitrogen and oxygen atoms in total. The van der Waals surface area contributed by atoms with Gasteiger partial charge in [0.15, 0.2) is 5.69 Å². The highest BCUT2D eigenvalue weighted by Gasteiger charge is 2.44. The van der Waals surface area contributed by atoms with E-state index in [0.717, 1.165) is 37.0 Å². The molecule has 0 spiro atoms. The van der Waals surface area contributed by atoms with Crippen LogP contribution in [0.15, 0.2) is 24.3 Å². The van der Waals surface area contributed by atoms with Crippen LogP contribution < -0.4 is 5.73 Å². The Morgan fingerprint density at radius 1 is 1.16 bits per heavy atom. The van der Waals surface area contributed by atoms with Crippen molar-refractivity contribution in [2.24, 2.45) is 5.73 Å². The van der Waals surface area contributed by atoms with Gasteiger partial charge in [-0.15, -0.1) is 0 Å². The normalized spacial score (nSPS) is 27.6. The topological polar surface area (TPSA) is 73.4 Å². The van der Waals surface area contributed by atoms with Crippen molar-refractivity contribution in [3.05, 3.63) is 30.0 Å². The number of nitrogens with two attached hydrogens (primary N) is 1. The fraction of sp³-hybridized carbons (Fsp3) is 0.579. The zero-order valence-electron chi connectivity index (χ0n) is 15.1. The maximum atomic E-state index is 11.8. The third kappa shape index (κ3) is 2.73. The second kappa shape index (κ2) is 5.81. The molecule has 1 aromatic carbocycles. The van der Waals surface area contributed by atoms with E-state index in [2.05, 4.69) is 30.8 Å². The van der Waals surface area contributed by atoms with Crippen LogP contribution >= 0.6 is 0 Å². The molecule has 2 aromatic rings. The van der Waals surface area contributed by atoms with Crippen LogP contribution in [-0.2, 0) is 4.74 Å². The number of carbonyl (C=O) groups excluding carboxylic acids is 1. The Bertz CT molecular complexity index is 793. The molecule has 25 heavy (non-hydrogen) atoms. The van der Waals surface area contributed by atoms with E-state index >= 15 is 0 Å².